The van der Waals surface area contributed by atoms with E-state index in [1.165, 1.54) is 6.20 Å². The first-order valence-corrected chi connectivity index (χ1v) is 9.78. The summed E-state index contributed by atoms with van der Waals surface area (Å²) < 4.78 is 29.9. The molecular weight excluding hydrogens is 414 g/mol. The topological polar surface area (TPSA) is 89.6 Å². The molecule has 7 nitrogen and oxygen atoms in total. The van der Waals surface area contributed by atoms with Crippen LogP contribution in [0, 0.1) is 11.6 Å². The summed E-state index contributed by atoms with van der Waals surface area (Å²) in [6.07, 6.45) is 9.91. The van der Waals surface area contributed by atoms with Gasteiger partial charge in [-0.1, -0.05) is 0 Å². The van der Waals surface area contributed by atoms with Crippen LogP contribution in [0.25, 0.3) is 44.7 Å². The number of pyridine rings is 2. The first-order chi connectivity index (χ1) is 15.6. The molecule has 9 heteroatoms. The fourth-order valence-corrected chi connectivity index (χ4v) is 3.49. The maximum absolute atomic E-state index is 14.5. The van der Waals surface area contributed by atoms with Crippen LogP contribution in [0.5, 0.6) is 0 Å². The summed E-state index contributed by atoms with van der Waals surface area (Å²) in [5.74, 6) is -1.15. The van der Waals surface area contributed by atoms with Crippen LogP contribution in [0.1, 0.15) is 0 Å². The van der Waals surface area contributed by atoms with Gasteiger partial charge in [-0.2, -0.15) is 5.10 Å². The van der Waals surface area contributed by atoms with Crippen molar-refractivity contribution in [2.45, 2.75) is 6.54 Å². The third-order valence-electron chi connectivity index (χ3n) is 4.99. The van der Waals surface area contributed by atoms with Crippen LogP contribution in [0.4, 0.5) is 8.78 Å². The number of aliphatic hydroxyl groups excluding tert-OH is 1. The number of aliphatic hydroxyl groups is 1. The van der Waals surface area contributed by atoms with Crippen molar-refractivity contribution < 1.29 is 13.9 Å². The number of fused-ring (bicyclic) bond motifs is 1. The molecule has 0 spiro atoms. The summed E-state index contributed by atoms with van der Waals surface area (Å²) >= 11 is 0. The minimum atomic E-state index is -0.587. The van der Waals surface area contributed by atoms with Gasteiger partial charge in [0.25, 0.3) is 0 Å². The lowest BCUT2D eigenvalue weighted by Crippen LogP contribution is -2.01. The van der Waals surface area contributed by atoms with E-state index >= 15 is 0 Å². The van der Waals surface area contributed by atoms with Crippen molar-refractivity contribution in [2.75, 3.05) is 6.61 Å². The molecule has 0 fully saturated rings. The van der Waals surface area contributed by atoms with Gasteiger partial charge in [-0.05, 0) is 30.3 Å². The smallest absolute Gasteiger partial charge is 0.179 e. The molecule has 0 saturated carbocycles. The van der Waals surface area contributed by atoms with Crippen molar-refractivity contribution in [3.63, 3.8) is 0 Å². The van der Waals surface area contributed by atoms with Crippen LogP contribution in [-0.2, 0) is 6.54 Å². The molecular formula is C23H16F2N6O. The first-order valence-electron chi connectivity index (χ1n) is 9.78. The van der Waals surface area contributed by atoms with E-state index < -0.39 is 11.6 Å². The van der Waals surface area contributed by atoms with Gasteiger partial charge in [-0.25, -0.2) is 18.7 Å². The van der Waals surface area contributed by atoms with Gasteiger partial charge in [0.1, 0.15) is 17.2 Å². The molecule has 4 aromatic heterocycles. The number of benzene rings is 1. The van der Waals surface area contributed by atoms with E-state index in [4.69, 9.17) is 5.11 Å². The molecule has 1 N–H and O–H groups in total. The summed E-state index contributed by atoms with van der Waals surface area (Å²) in [4.78, 5) is 17.4. The predicted octanol–water partition coefficient (Wildman–Crippen LogP) is 3.89. The maximum atomic E-state index is 14.5. The summed E-state index contributed by atoms with van der Waals surface area (Å²) in [5.41, 5.74) is 4.09. The van der Waals surface area contributed by atoms with E-state index in [2.05, 4.69) is 25.0 Å². The summed E-state index contributed by atoms with van der Waals surface area (Å²) in [6.45, 7) is 0.376. The van der Waals surface area contributed by atoms with Crippen molar-refractivity contribution >= 4 is 11.2 Å². The fraction of sp³-hybridized carbons (Fsp3) is 0.0870. The Balaban J connectivity index is 1.67. The number of nitrogens with zero attached hydrogens (tertiary/aromatic N) is 6. The van der Waals surface area contributed by atoms with Crippen LogP contribution >= 0.6 is 0 Å². The van der Waals surface area contributed by atoms with Crippen molar-refractivity contribution in [1.29, 1.82) is 0 Å². The minimum Gasteiger partial charge on any atom is -0.394 e. The molecule has 4 heterocycles. The SMILES string of the molecule is OCCn1cc(-c2cncc(-c3cc(-c4cc(F)ccc4F)nc4nccnc34)c2)cn1. The summed E-state index contributed by atoms with van der Waals surface area (Å²) in [5, 5.41) is 13.3. The molecule has 5 rings (SSSR count). The Morgan fingerprint density at radius 2 is 1.72 bits per heavy atom. The zero-order chi connectivity index (χ0) is 22.1. The van der Waals surface area contributed by atoms with E-state index in [1.54, 1.807) is 35.5 Å². The van der Waals surface area contributed by atoms with Crippen molar-refractivity contribution in [3.05, 3.63) is 79.1 Å². The van der Waals surface area contributed by atoms with Gasteiger partial charge in [-0.15, -0.1) is 0 Å². The van der Waals surface area contributed by atoms with Gasteiger partial charge in [0.2, 0.25) is 0 Å². The van der Waals surface area contributed by atoms with E-state index in [0.29, 0.717) is 28.8 Å². The van der Waals surface area contributed by atoms with Gasteiger partial charge >= 0.3 is 0 Å². The lowest BCUT2D eigenvalue weighted by molar-refractivity contribution is 0.269. The van der Waals surface area contributed by atoms with Gasteiger partial charge in [0, 0.05) is 58.8 Å². The molecule has 0 aliphatic rings. The number of hydrogen-bond acceptors (Lipinski definition) is 6. The Morgan fingerprint density at radius 3 is 2.59 bits per heavy atom. The molecule has 32 heavy (non-hydrogen) atoms. The Morgan fingerprint density at radius 1 is 0.875 bits per heavy atom. The van der Waals surface area contributed by atoms with Crippen LogP contribution in [0.2, 0.25) is 0 Å². The number of hydrogen-bond donors (Lipinski definition) is 1. The average molecular weight is 430 g/mol. The van der Waals surface area contributed by atoms with E-state index in [9.17, 15) is 8.78 Å². The molecule has 0 saturated heterocycles. The third-order valence-corrected chi connectivity index (χ3v) is 4.99. The third kappa shape index (κ3) is 3.69. The largest absolute Gasteiger partial charge is 0.394 e. The second kappa shape index (κ2) is 8.20. The van der Waals surface area contributed by atoms with Gasteiger partial charge in [0.05, 0.1) is 25.0 Å². The molecule has 5 aromatic rings. The highest BCUT2D eigenvalue weighted by Crippen LogP contribution is 2.33. The van der Waals surface area contributed by atoms with Crippen LogP contribution < -0.4 is 0 Å². The van der Waals surface area contributed by atoms with Crippen LogP contribution in [0.15, 0.2) is 67.5 Å². The van der Waals surface area contributed by atoms with E-state index in [0.717, 1.165) is 29.3 Å². The Hall–Kier alpha value is -4.11. The molecule has 0 radical (unpaired) electrons. The molecule has 0 aliphatic carbocycles. The van der Waals surface area contributed by atoms with Gasteiger partial charge in [0.15, 0.2) is 5.65 Å². The predicted molar refractivity (Wildman–Crippen MR) is 114 cm³/mol. The second-order valence-electron chi connectivity index (χ2n) is 7.09. The Labute approximate surface area is 181 Å². The zero-order valence-electron chi connectivity index (χ0n) is 16.7. The second-order valence-corrected chi connectivity index (χ2v) is 7.09. The fourth-order valence-electron chi connectivity index (χ4n) is 3.49. The monoisotopic (exact) mass is 430 g/mol. The van der Waals surface area contributed by atoms with Crippen LogP contribution in [-0.4, -0.2) is 41.4 Å². The molecule has 0 bridgehead atoms. The lowest BCUT2D eigenvalue weighted by Gasteiger charge is -2.10. The molecule has 0 aliphatic heterocycles. The maximum Gasteiger partial charge on any atom is 0.179 e. The number of rotatable bonds is 5. The normalized spacial score (nSPS) is 11.2. The lowest BCUT2D eigenvalue weighted by atomic mass is 10.0. The van der Waals surface area contributed by atoms with Crippen molar-refractivity contribution in [1.82, 2.24) is 29.7 Å². The summed E-state index contributed by atoms with van der Waals surface area (Å²) in [6, 6.07) is 6.80. The molecule has 0 amide bonds. The van der Waals surface area contributed by atoms with Crippen molar-refractivity contribution in [2.24, 2.45) is 0 Å². The zero-order valence-corrected chi connectivity index (χ0v) is 16.7. The number of halogens is 2. The quantitative estimate of drug-likeness (QED) is 0.455. The molecule has 1 aromatic carbocycles. The molecule has 0 unspecified atom stereocenters. The Bertz CT molecular complexity index is 1440. The highest BCUT2D eigenvalue weighted by Gasteiger charge is 2.15. The van der Waals surface area contributed by atoms with E-state index in [1.807, 2.05) is 12.3 Å². The highest BCUT2D eigenvalue weighted by molar-refractivity contribution is 5.92. The van der Waals surface area contributed by atoms with Gasteiger partial charge in [-0.3, -0.25) is 14.6 Å². The summed E-state index contributed by atoms with van der Waals surface area (Å²) in [7, 11) is 0. The molecule has 0 atom stereocenters. The standard InChI is InChI=1S/C23H16F2N6O/c24-17-1-2-20(25)19(8-17)21-9-18(22-23(30-21)28-4-3-27-22)15-7-14(10-26-11-15)16-12-29-31(13-16)5-6-32/h1-4,7-13,32H,5-6H2. The minimum absolute atomic E-state index is 0.0134. The molecule has 158 valence electrons. The number of aromatic nitrogens is 6. The average Bonchev–Trinajstić information content (AvgIpc) is 3.29. The van der Waals surface area contributed by atoms with Gasteiger partial charge < -0.3 is 5.11 Å². The first kappa shape index (κ1) is 19.8. The van der Waals surface area contributed by atoms with Crippen molar-refractivity contribution in [3.8, 4) is 33.5 Å². The Kier molecular flexibility index (Phi) is 5.08. The van der Waals surface area contributed by atoms with E-state index in [-0.39, 0.29) is 17.9 Å². The highest BCUT2D eigenvalue weighted by atomic mass is 19.1. The van der Waals surface area contributed by atoms with Crippen LogP contribution in [0.3, 0.4) is 0 Å².